The molecule has 2 fully saturated rings. The minimum absolute atomic E-state index is 0.118. The second kappa shape index (κ2) is 12.4. The number of ether oxygens (including phenoxy) is 2. The average Bonchev–Trinajstić information content (AvgIpc) is 3.62. The summed E-state index contributed by atoms with van der Waals surface area (Å²) in [5.41, 5.74) is -0.189. The molecule has 4 aliphatic rings. The number of fused-ring (bicyclic) bond motifs is 2. The van der Waals surface area contributed by atoms with Gasteiger partial charge in [-0.05, 0) is 37.8 Å². The largest absolute Gasteiger partial charge is 0.460 e. The normalized spacial score (nSPS) is 33.3. The Balaban J connectivity index is 1.67. The summed E-state index contributed by atoms with van der Waals surface area (Å²) in [6.45, 7) is 7.29. The fourth-order valence-corrected chi connectivity index (χ4v) is 7.23. The lowest BCUT2D eigenvalue weighted by Crippen LogP contribution is -2.59. The Labute approximate surface area is 257 Å². The molecule has 0 aliphatic carbocycles. The Bertz CT molecular complexity index is 1330. The number of esters is 1. The van der Waals surface area contributed by atoms with Crippen LogP contribution in [0.25, 0.3) is 0 Å². The molecule has 43 heavy (non-hydrogen) atoms. The molecule has 4 aliphatic heterocycles. The fraction of sp³-hybridized carbons (Fsp3) is 0.562. The van der Waals surface area contributed by atoms with Crippen molar-refractivity contribution in [2.24, 2.45) is 17.8 Å². The molecule has 1 aromatic carbocycles. The monoisotopic (exact) mass is 613 g/mol. The molecule has 0 unspecified atom stereocenters. The first-order valence-corrected chi connectivity index (χ1v) is 15.4. The third kappa shape index (κ3) is 5.38. The van der Waals surface area contributed by atoms with E-state index in [1.165, 1.54) is 9.80 Å². The third-order valence-electron chi connectivity index (χ3n) is 9.28. The Morgan fingerprint density at radius 2 is 1.95 bits per heavy atom. The van der Waals surface area contributed by atoms with E-state index >= 15 is 0 Å². The van der Waals surface area contributed by atoms with Gasteiger partial charge in [-0.25, -0.2) is 0 Å². The van der Waals surface area contributed by atoms with Crippen LogP contribution in [-0.4, -0.2) is 83.3 Å². The Kier molecular flexibility index (Phi) is 9.02. The summed E-state index contributed by atoms with van der Waals surface area (Å²) in [6, 6.07) is 3.49. The zero-order chi connectivity index (χ0) is 31.1. The quantitative estimate of drug-likeness (QED) is 0.386. The van der Waals surface area contributed by atoms with Gasteiger partial charge in [-0.15, -0.1) is 0 Å². The van der Waals surface area contributed by atoms with E-state index in [9.17, 15) is 24.3 Å². The van der Waals surface area contributed by atoms with E-state index in [4.69, 9.17) is 21.1 Å². The van der Waals surface area contributed by atoms with Gasteiger partial charge in [-0.3, -0.25) is 19.2 Å². The SMILES string of the molecule is CC[C@H](C)[C@H](CO)N1C(=O)[C@@H]2[C@H]3C(=O)O[C@@H](C)CNC(=O)CC/C=C\CN(c4c(C)cccc4Cl)C(=O)[C@@H]1[C@]21C=C[C@H]3O1. The van der Waals surface area contributed by atoms with Crippen LogP contribution in [0.4, 0.5) is 5.69 Å². The van der Waals surface area contributed by atoms with E-state index in [1.807, 2.05) is 32.9 Å². The number of cyclic esters (lactones) is 1. The number of hydrogen-bond acceptors (Lipinski definition) is 7. The third-order valence-corrected chi connectivity index (χ3v) is 9.59. The lowest BCUT2D eigenvalue weighted by atomic mass is 9.74. The maximum atomic E-state index is 15.0. The van der Waals surface area contributed by atoms with Crippen LogP contribution in [0.15, 0.2) is 42.5 Å². The molecule has 11 heteroatoms. The molecule has 2 saturated heterocycles. The second-order valence-corrected chi connectivity index (χ2v) is 12.4. The van der Waals surface area contributed by atoms with Gasteiger partial charge in [0.05, 0.1) is 41.9 Å². The molecular weight excluding hydrogens is 574 g/mol. The van der Waals surface area contributed by atoms with Crippen molar-refractivity contribution < 1.29 is 33.8 Å². The fourth-order valence-electron chi connectivity index (χ4n) is 6.91. The van der Waals surface area contributed by atoms with Gasteiger partial charge in [0.25, 0.3) is 5.91 Å². The number of carbonyl (C=O) groups excluding carboxylic acids is 4. The molecule has 232 valence electrons. The summed E-state index contributed by atoms with van der Waals surface area (Å²) < 4.78 is 12.2. The maximum absolute atomic E-state index is 15.0. The van der Waals surface area contributed by atoms with Gasteiger partial charge < -0.3 is 29.7 Å². The van der Waals surface area contributed by atoms with Gasteiger partial charge in [0.1, 0.15) is 23.7 Å². The van der Waals surface area contributed by atoms with Crippen LogP contribution in [0.5, 0.6) is 0 Å². The number of anilines is 1. The topological polar surface area (TPSA) is 125 Å². The van der Waals surface area contributed by atoms with Crippen molar-refractivity contribution >= 4 is 41.0 Å². The number of aliphatic hydroxyl groups excluding tert-OH is 1. The van der Waals surface area contributed by atoms with Crippen LogP contribution in [0.1, 0.15) is 45.6 Å². The second-order valence-electron chi connectivity index (χ2n) is 12.0. The number of rotatable bonds is 5. The molecule has 5 bridgehead atoms. The highest BCUT2D eigenvalue weighted by molar-refractivity contribution is 6.34. The number of aliphatic hydroxyl groups is 1. The van der Waals surface area contributed by atoms with Crippen molar-refractivity contribution in [2.75, 3.05) is 24.6 Å². The molecule has 0 radical (unpaired) electrons. The van der Waals surface area contributed by atoms with E-state index in [0.717, 1.165) is 5.56 Å². The average molecular weight is 614 g/mol. The minimum atomic E-state index is -1.44. The van der Waals surface area contributed by atoms with Gasteiger partial charge >= 0.3 is 5.97 Å². The molecule has 3 amide bonds. The van der Waals surface area contributed by atoms with Crippen LogP contribution in [0.3, 0.4) is 0 Å². The predicted octanol–water partition coefficient (Wildman–Crippen LogP) is 2.94. The highest BCUT2D eigenvalue weighted by Crippen LogP contribution is 2.56. The van der Waals surface area contributed by atoms with E-state index in [-0.39, 0.29) is 37.9 Å². The van der Waals surface area contributed by atoms with Crippen molar-refractivity contribution in [1.29, 1.82) is 0 Å². The summed E-state index contributed by atoms with van der Waals surface area (Å²) in [4.78, 5) is 58.5. The number of allylic oxidation sites excluding steroid dienone is 1. The summed E-state index contributed by atoms with van der Waals surface area (Å²) in [5, 5.41) is 13.7. The first-order chi connectivity index (χ1) is 20.5. The number of aryl methyl sites for hydroxylation is 1. The van der Waals surface area contributed by atoms with Crippen LogP contribution in [0, 0.1) is 24.7 Å². The highest BCUT2D eigenvalue weighted by atomic mass is 35.5. The number of hydrogen-bond donors (Lipinski definition) is 2. The van der Waals surface area contributed by atoms with Crippen molar-refractivity contribution in [3.05, 3.63) is 53.1 Å². The number of carbonyl (C=O) groups is 4. The lowest BCUT2D eigenvalue weighted by molar-refractivity contribution is -0.159. The summed E-state index contributed by atoms with van der Waals surface area (Å²) >= 11 is 6.70. The number of nitrogens with one attached hydrogen (secondary N) is 1. The zero-order valence-corrected chi connectivity index (χ0v) is 25.8. The Morgan fingerprint density at radius 1 is 1.19 bits per heavy atom. The number of benzene rings is 1. The summed E-state index contributed by atoms with van der Waals surface area (Å²) in [5.74, 6) is -3.85. The number of halogens is 1. The molecule has 0 saturated carbocycles. The number of nitrogens with zero attached hydrogens (tertiary/aromatic N) is 2. The smallest absolute Gasteiger partial charge is 0.313 e. The van der Waals surface area contributed by atoms with Gasteiger partial charge in [-0.2, -0.15) is 0 Å². The van der Waals surface area contributed by atoms with Gasteiger partial charge in [0.2, 0.25) is 11.8 Å². The molecule has 1 aromatic rings. The number of para-hydroxylation sites is 1. The highest BCUT2D eigenvalue weighted by Gasteiger charge is 2.74. The first kappa shape index (κ1) is 31.2. The van der Waals surface area contributed by atoms with E-state index in [1.54, 1.807) is 37.3 Å². The predicted molar refractivity (Wildman–Crippen MR) is 160 cm³/mol. The lowest BCUT2D eigenvalue weighted by Gasteiger charge is -2.40. The summed E-state index contributed by atoms with van der Waals surface area (Å²) in [7, 11) is 0. The number of amides is 3. The number of likely N-dealkylation sites (tertiary alicyclic amines) is 1. The van der Waals surface area contributed by atoms with Crippen molar-refractivity contribution in [1.82, 2.24) is 10.2 Å². The molecule has 2 N–H and O–H groups in total. The van der Waals surface area contributed by atoms with Gasteiger partial charge in [-0.1, -0.05) is 68.3 Å². The van der Waals surface area contributed by atoms with Crippen LogP contribution < -0.4 is 10.2 Å². The van der Waals surface area contributed by atoms with Crippen LogP contribution >= 0.6 is 11.6 Å². The molecule has 10 nitrogen and oxygen atoms in total. The standard InChI is InChI=1S/C32H40ClN3O7/c1-5-18(2)22(17-37)36-28-30(40)35(27-19(3)10-9-11-21(27)33)15-8-6-7-12-24(38)34-16-20(4)42-31(41)25-23-13-14-32(28,43-23)26(25)29(36)39/h6,8-11,13-14,18,20,22-23,25-26,28,37H,5,7,12,15-17H2,1-4H3,(H,34,38)/b8-6-/t18-,20-,22-,23+,25-,26-,28+,32-/m0/s1. The van der Waals surface area contributed by atoms with Crippen molar-refractivity contribution in [3.63, 3.8) is 0 Å². The van der Waals surface area contributed by atoms with E-state index < -0.39 is 59.5 Å². The van der Waals surface area contributed by atoms with Crippen LogP contribution in [-0.2, 0) is 28.7 Å². The minimum Gasteiger partial charge on any atom is -0.460 e. The van der Waals surface area contributed by atoms with Crippen molar-refractivity contribution in [3.8, 4) is 0 Å². The van der Waals surface area contributed by atoms with Crippen molar-refractivity contribution in [2.45, 2.75) is 76.9 Å². The molecule has 0 aromatic heterocycles. The molecule has 8 atom stereocenters. The van der Waals surface area contributed by atoms with Crippen LogP contribution in [0.2, 0.25) is 5.02 Å². The molecule has 4 heterocycles. The van der Waals surface area contributed by atoms with Gasteiger partial charge in [0.15, 0.2) is 0 Å². The first-order valence-electron chi connectivity index (χ1n) is 15.0. The zero-order valence-electron chi connectivity index (χ0n) is 25.0. The maximum Gasteiger partial charge on any atom is 0.313 e. The summed E-state index contributed by atoms with van der Waals surface area (Å²) in [6.07, 6.45) is 7.00. The van der Waals surface area contributed by atoms with E-state index in [0.29, 0.717) is 23.6 Å². The molecule has 1 spiro atoms. The molecule has 5 rings (SSSR count). The molecular formula is C32H40ClN3O7. The Morgan fingerprint density at radius 3 is 2.65 bits per heavy atom. The van der Waals surface area contributed by atoms with E-state index in [2.05, 4.69) is 5.32 Å². The Hall–Kier alpha value is -3.21. The van der Waals surface area contributed by atoms with Gasteiger partial charge in [0, 0.05) is 13.0 Å².